The molecule has 1 aromatic carbocycles. The Morgan fingerprint density at radius 1 is 1.33 bits per heavy atom. The summed E-state index contributed by atoms with van der Waals surface area (Å²) in [5.41, 5.74) is 8.63. The molecular weight excluding hydrogens is 232 g/mol. The van der Waals surface area contributed by atoms with Gasteiger partial charge in [0.15, 0.2) is 5.82 Å². The van der Waals surface area contributed by atoms with Crippen molar-refractivity contribution < 1.29 is 9.90 Å². The summed E-state index contributed by atoms with van der Waals surface area (Å²) < 4.78 is 0. The number of hydrogen-bond donors (Lipinski definition) is 4. The molecule has 2 aromatic heterocycles. The average molecular weight is 242 g/mol. The Morgan fingerprint density at radius 3 is 2.83 bits per heavy atom. The lowest BCUT2D eigenvalue weighted by molar-refractivity contribution is 0.0697. The van der Waals surface area contributed by atoms with E-state index >= 15 is 0 Å². The molecule has 0 atom stereocenters. The maximum absolute atomic E-state index is 10.9. The summed E-state index contributed by atoms with van der Waals surface area (Å²) in [6, 6.07) is 6.51. The van der Waals surface area contributed by atoms with Gasteiger partial charge >= 0.3 is 5.97 Å². The van der Waals surface area contributed by atoms with Crippen molar-refractivity contribution in [3.05, 3.63) is 36.0 Å². The molecule has 0 saturated heterocycles. The first-order valence-electron chi connectivity index (χ1n) is 5.31. The number of carboxylic acid groups (broad SMARTS) is 1. The highest BCUT2D eigenvalue weighted by Gasteiger charge is 2.09. The maximum Gasteiger partial charge on any atom is 0.335 e. The summed E-state index contributed by atoms with van der Waals surface area (Å²) in [6.07, 6.45) is 1.67. The van der Waals surface area contributed by atoms with Gasteiger partial charge in [0.05, 0.1) is 22.3 Å². The first-order valence-corrected chi connectivity index (χ1v) is 5.31. The number of imidazole rings is 1. The van der Waals surface area contributed by atoms with E-state index in [4.69, 9.17) is 10.8 Å². The fourth-order valence-electron chi connectivity index (χ4n) is 1.82. The van der Waals surface area contributed by atoms with Gasteiger partial charge in [-0.2, -0.15) is 0 Å². The molecule has 0 aliphatic rings. The van der Waals surface area contributed by atoms with Crippen molar-refractivity contribution in [3.8, 4) is 11.5 Å². The zero-order chi connectivity index (χ0) is 12.7. The van der Waals surface area contributed by atoms with Crippen LogP contribution in [0.25, 0.3) is 22.6 Å². The van der Waals surface area contributed by atoms with E-state index in [2.05, 4.69) is 15.0 Å². The molecule has 0 bridgehead atoms. The smallest absolute Gasteiger partial charge is 0.335 e. The molecule has 0 fully saturated rings. The van der Waals surface area contributed by atoms with Gasteiger partial charge in [0, 0.05) is 11.9 Å². The summed E-state index contributed by atoms with van der Waals surface area (Å²) in [6.45, 7) is 0. The molecule has 3 rings (SSSR count). The Bertz CT molecular complexity index is 741. The van der Waals surface area contributed by atoms with Crippen LogP contribution in [0.2, 0.25) is 0 Å². The molecule has 18 heavy (non-hydrogen) atoms. The topological polar surface area (TPSA) is 108 Å². The van der Waals surface area contributed by atoms with E-state index in [1.54, 1.807) is 24.4 Å². The number of anilines is 1. The van der Waals surface area contributed by atoms with Crippen molar-refractivity contribution in [1.82, 2.24) is 15.0 Å². The third-order valence-corrected chi connectivity index (χ3v) is 2.69. The van der Waals surface area contributed by atoms with Crippen LogP contribution < -0.4 is 5.73 Å². The van der Waals surface area contributed by atoms with Crippen molar-refractivity contribution in [2.45, 2.75) is 0 Å². The summed E-state index contributed by atoms with van der Waals surface area (Å²) in [4.78, 5) is 21.3. The molecule has 5 N–H and O–H groups in total. The highest BCUT2D eigenvalue weighted by Crippen LogP contribution is 2.21. The third-order valence-electron chi connectivity index (χ3n) is 2.69. The second-order valence-corrected chi connectivity index (χ2v) is 3.97. The average Bonchev–Trinajstić information content (AvgIpc) is 2.93. The lowest BCUT2D eigenvalue weighted by atomic mass is 10.2. The van der Waals surface area contributed by atoms with Crippen LogP contribution in [0, 0.1) is 0 Å². The lowest BCUT2D eigenvalue weighted by Crippen LogP contribution is -1.94. The van der Waals surface area contributed by atoms with Crippen LogP contribution in [-0.2, 0) is 0 Å². The summed E-state index contributed by atoms with van der Waals surface area (Å²) >= 11 is 0. The maximum atomic E-state index is 10.9. The first kappa shape index (κ1) is 10.4. The van der Waals surface area contributed by atoms with Crippen molar-refractivity contribution in [2.24, 2.45) is 0 Å². The Balaban J connectivity index is 2.13. The number of nitrogen functional groups attached to an aromatic ring is 1. The predicted molar refractivity (Wildman–Crippen MR) is 67.3 cm³/mol. The highest BCUT2D eigenvalue weighted by atomic mass is 16.4. The monoisotopic (exact) mass is 242 g/mol. The number of fused-ring (bicyclic) bond motifs is 1. The molecule has 3 aromatic rings. The Kier molecular flexibility index (Phi) is 2.09. The molecule has 0 spiro atoms. The van der Waals surface area contributed by atoms with Crippen LogP contribution in [0.1, 0.15) is 10.4 Å². The SMILES string of the molecule is Nc1c[nH]c(-c2nc3ccc(C(=O)O)cc3[nH]2)c1. The van der Waals surface area contributed by atoms with Crippen molar-refractivity contribution in [2.75, 3.05) is 5.73 Å². The molecular formula is C12H10N4O2. The van der Waals surface area contributed by atoms with Crippen LogP contribution in [-0.4, -0.2) is 26.0 Å². The van der Waals surface area contributed by atoms with Crippen molar-refractivity contribution in [1.29, 1.82) is 0 Å². The number of carbonyl (C=O) groups is 1. The van der Waals surface area contributed by atoms with E-state index in [-0.39, 0.29) is 5.56 Å². The number of rotatable bonds is 2. The van der Waals surface area contributed by atoms with Crippen LogP contribution in [0.3, 0.4) is 0 Å². The number of aromatic amines is 2. The molecule has 0 amide bonds. The Labute approximate surface area is 101 Å². The van der Waals surface area contributed by atoms with Gasteiger partial charge < -0.3 is 20.8 Å². The van der Waals surface area contributed by atoms with Gasteiger partial charge in [-0.3, -0.25) is 0 Å². The predicted octanol–water partition coefficient (Wildman–Crippen LogP) is 1.84. The summed E-state index contributed by atoms with van der Waals surface area (Å²) in [5, 5.41) is 8.91. The van der Waals surface area contributed by atoms with Crippen LogP contribution >= 0.6 is 0 Å². The molecule has 6 heteroatoms. The number of benzene rings is 1. The van der Waals surface area contributed by atoms with Gasteiger partial charge in [-0.1, -0.05) is 0 Å². The van der Waals surface area contributed by atoms with Gasteiger partial charge in [-0.25, -0.2) is 9.78 Å². The van der Waals surface area contributed by atoms with E-state index < -0.39 is 5.97 Å². The fraction of sp³-hybridized carbons (Fsp3) is 0. The minimum atomic E-state index is -0.961. The molecule has 6 nitrogen and oxygen atoms in total. The second kappa shape index (κ2) is 3.63. The summed E-state index contributed by atoms with van der Waals surface area (Å²) in [5.74, 6) is -0.332. The lowest BCUT2D eigenvalue weighted by Gasteiger charge is -1.92. The number of nitrogens with two attached hydrogens (primary N) is 1. The zero-order valence-corrected chi connectivity index (χ0v) is 9.27. The minimum Gasteiger partial charge on any atom is -0.478 e. The molecule has 0 aliphatic carbocycles. The second-order valence-electron chi connectivity index (χ2n) is 3.97. The standard InChI is InChI=1S/C12H10N4O2/c13-7-4-10(14-5-7)11-15-8-2-1-6(12(17)18)3-9(8)16-11/h1-5,14H,13H2,(H,15,16)(H,17,18). The largest absolute Gasteiger partial charge is 0.478 e. The van der Waals surface area contributed by atoms with Gasteiger partial charge in [-0.15, -0.1) is 0 Å². The first-order chi connectivity index (χ1) is 8.63. The number of H-pyrrole nitrogens is 2. The number of carboxylic acids is 1. The van der Waals surface area contributed by atoms with Crippen molar-refractivity contribution >= 4 is 22.7 Å². The molecule has 0 unspecified atom stereocenters. The van der Waals surface area contributed by atoms with E-state index in [0.29, 0.717) is 22.5 Å². The van der Waals surface area contributed by atoms with E-state index in [0.717, 1.165) is 5.69 Å². The van der Waals surface area contributed by atoms with Crippen LogP contribution in [0.5, 0.6) is 0 Å². The quantitative estimate of drug-likeness (QED) is 0.549. The van der Waals surface area contributed by atoms with Crippen LogP contribution in [0.15, 0.2) is 30.5 Å². The molecule has 0 saturated carbocycles. The van der Waals surface area contributed by atoms with Crippen LogP contribution in [0.4, 0.5) is 5.69 Å². The number of aromatic nitrogens is 3. The molecule has 0 aliphatic heterocycles. The number of nitrogens with one attached hydrogen (secondary N) is 2. The summed E-state index contributed by atoms with van der Waals surface area (Å²) in [7, 11) is 0. The van der Waals surface area contributed by atoms with Gasteiger partial charge in [0.2, 0.25) is 0 Å². The molecule has 0 radical (unpaired) electrons. The number of hydrogen-bond acceptors (Lipinski definition) is 3. The van der Waals surface area contributed by atoms with Gasteiger partial charge in [-0.05, 0) is 24.3 Å². The van der Waals surface area contributed by atoms with Crippen molar-refractivity contribution in [3.63, 3.8) is 0 Å². The molecule has 2 heterocycles. The van der Waals surface area contributed by atoms with E-state index in [9.17, 15) is 4.79 Å². The fourth-order valence-corrected chi connectivity index (χ4v) is 1.82. The normalized spacial score (nSPS) is 10.9. The molecule has 90 valence electrons. The Hall–Kier alpha value is -2.76. The van der Waals surface area contributed by atoms with E-state index in [1.165, 1.54) is 6.07 Å². The zero-order valence-electron chi connectivity index (χ0n) is 9.27. The van der Waals surface area contributed by atoms with E-state index in [1.807, 2.05) is 0 Å². The number of aromatic carboxylic acids is 1. The minimum absolute atomic E-state index is 0.226. The van der Waals surface area contributed by atoms with Gasteiger partial charge in [0.25, 0.3) is 0 Å². The van der Waals surface area contributed by atoms with Gasteiger partial charge in [0.1, 0.15) is 0 Å². The third kappa shape index (κ3) is 1.60. The Morgan fingerprint density at radius 2 is 2.17 bits per heavy atom. The number of nitrogens with zero attached hydrogens (tertiary/aromatic N) is 1. The highest BCUT2D eigenvalue weighted by molar-refractivity contribution is 5.92.